The van der Waals surface area contributed by atoms with Crippen molar-refractivity contribution in [2.75, 3.05) is 18.5 Å². The van der Waals surface area contributed by atoms with Crippen LogP contribution in [0.3, 0.4) is 0 Å². The van der Waals surface area contributed by atoms with Crippen LogP contribution in [-0.4, -0.2) is 23.6 Å². The van der Waals surface area contributed by atoms with Gasteiger partial charge in [-0.15, -0.1) is 0 Å². The lowest BCUT2D eigenvalue weighted by Gasteiger charge is -2.05. The lowest BCUT2D eigenvalue weighted by atomic mass is 10.1. The fourth-order valence-electron chi connectivity index (χ4n) is 1.71. The second-order valence-electron chi connectivity index (χ2n) is 4.49. The van der Waals surface area contributed by atoms with Gasteiger partial charge in [-0.3, -0.25) is 5.32 Å². The number of rotatable bonds is 7. The summed E-state index contributed by atoms with van der Waals surface area (Å²) >= 11 is 1.21. The lowest BCUT2D eigenvalue weighted by molar-refractivity contribution is 0.252. The van der Waals surface area contributed by atoms with E-state index in [2.05, 4.69) is 15.0 Å². The fourth-order valence-corrected chi connectivity index (χ4v) is 2.30. The van der Waals surface area contributed by atoms with E-state index in [-0.39, 0.29) is 6.03 Å². The van der Waals surface area contributed by atoms with Gasteiger partial charge in [0.15, 0.2) is 0 Å². The van der Waals surface area contributed by atoms with E-state index >= 15 is 0 Å². The van der Waals surface area contributed by atoms with Crippen LogP contribution in [0, 0.1) is 0 Å². The summed E-state index contributed by atoms with van der Waals surface area (Å²) in [5.41, 5.74) is 1.20. The zero-order valence-corrected chi connectivity index (χ0v) is 12.8. The molecule has 0 aliphatic rings. The molecule has 0 bridgehead atoms. The molecule has 0 aliphatic heterocycles. The highest BCUT2D eigenvalue weighted by Gasteiger charge is 2.06. The Morgan fingerprint density at radius 2 is 2.14 bits per heavy atom. The van der Waals surface area contributed by atoms with Crippen molar-refractivity contribution in [3.05, 3.63) is 42.0 Å². The molecule has 1 aromatic carbocycles. The summed E-state index contributed by atoms with van der Waals surface area (Å²) in [5, 5.41) is 6.25. The number of carbonyl (C=O) groups excluding carboxylic acids is 1. The van der Waals surface area contributed by atoms with E-state index in [1.807, 2.05) is 37.3 Å². The zero-order chi connectivity index (χ0) is 14.9. The Labute approximate surface area is 128 Å². The molecule has 112 valence electrons. The molecule has 0 unspecified atom stereocenters. The molecule has 2 amide bonds. The van der Waals surface area contributed by atoms with Gasteiger partial charge in [0.2, 0.25) is 5.88 Å². The van der Waals surface area contributed by atoms with Crippen LogP contribution in [0.2, 0.25) is 0 Å². The van der Waals surface area contributed by atoms with Crippen molar-refractivity contribution in [3.8, 4) is 5.88 Å². The lowest BCUT2D eigenvalue weighted by Crippen LogP contribution is -2.30. The van der Waals surface area contributed by atoms with Crippen molar-refractivity contribution in [2.24, 2.45) is 0 Å². The first-order chi connectivity index (χ1) is 10.3. The van der Waals surface area contributed by atoms with Gasteiger partial charge in [0.1, 0.15) is 5.00 Å². The number of anilines is 1. The van der Waals surface area contributed by atoms with Gasteiger partial charge in [0.25, 0.3) is 0 Å². The van der Waals surface area contributed by atoms with Crippen LogP contribution in [0.5, 0.6) is 5.88 Å². The highest BCUT2D eigenvalue weighted by atomic mass is 32.1. The van der Waals surface area contributed by atoms with E-state index in [1.54, 1.807) is 6.07 Å². The predicted molar refractivity (Wildman–Crippen MR) is 85.1 cm³/mol. The molecule has 2 rings (SSSR count). The van der Waals surface area contributed by atoms with Gasteiger partial charge in [-0.2, -0.15) is 4.37 Å². The molecule has 0 radical (unpaired) electrons. The first kappa shape index (κ1) is 15.3. The first-order valence-electron chi connectivity index (χ1n) is 6.96. The average molecular weight is 305 g/mol. The van der Waals surface area contributed by atoms with Gasteiger partial charge < -0.3 is 10.1 Å². The molecule has 6 heteroatoms. The summed E-state index contributed by atoms with van der Waals surface area (Å²) in [5.74, 6) is 0.557. The number of hydrogen-bond donors (Lipinski definition) is 2. The standard InChI is InChI=1S/C15H19N3O2S/c1-2-10-20-13-11-14(21-18-13)17-15(19)16-9-8-12-6-4-3-5-7-12/h3-7,11H,2,8-10H2,1H3,(H2,16,17,19). The Bertz CT molecular complexity index is 557. The van der Waals surface area contributed by atoms with Crippen molar-refractivity contribution in [1.29, 1.82) is 0 Å². The topological polar surface area (TPSA) is 63.2 Å². The Morgan fingerprint density at radius 3 is 2.90 bits per heavy atom. The minimum absolute atomic E-state index is 0.225. The molecule has 0 aliphatic carbocycles. The highest BCUT2D eigenvalue weighted by molar-refractivity contribution is 7.10. The monoisotopic (exact) mass is 305 g/mol. The molecule has 21 heavy (non-hydrogen) atoms. The van der Waals surface area contributed by atoms with Gasteiger partial charge in [0.05, 0.1) is 6.61 Å². The average Bonchev–Trinajstić information content (AvgIpc) is 2.93. The van der Waals surface area contributed by atoms with E-state index in [0.717, 1.165) is 12.8 Å². The van der Waals surface area contributed by atoms with Crippen LogP contribution >= 0.6 is 11.5 Å². The molecule has 0 saturated heterocycles. The smallest absolute Gasteiger partial charge is 0.319 e. The van der Waals surface area contributed by atoms with Crippen molar-refractivity contribution in [3.63, 3.8) is 0 Å². The summed E-state index contributed by atoms with van der Waals surface area (Å²) < 4.78 is 9.50. The van der Waals surface area contributed by atoms with Crippen LogP contribution in [0.15, 0.2) is 36.4 Å². The Hall–Kier alpha value is -2.08. The van der Waals surface area contributed by atoms with Gasteiger partial charge in [-0.25, -0.2) is 4.79 Å². The Morgan fingerprint density at radius 1 is 1.33 bits per heavy atom. The molecular formula is C15H19N3O2S. The van der Waals surface area contributed by atoms with E-state index in [4.69, 9.17) is 4.74 Å². The fraction of sp³-hybridized carbons (Fsp3) is 0.333. The zero-order valence-electron chi connectivity index (χ0n) is 12.0. The molecule has 0 spiro atoms. The molecule has 2 aromatic rings. The molecule has 0 atom stereocenters. The third-order valence-electron chi connectivity index (χ3n) is 2.72. The summed E-state index contributed by atoms with van der Waals surface area (Å²) in [6.07, 6.45) is 1.74. The molecule has 0 saturated carbocycles. The van der Waals surface area contributed by atoms with Crippen LogP contribution in [0.1, 0.15) is 18.9 Å². The number of hydrogen-bond acceptors (Lipinski definition) is 4. The SMILES string of the molecule is CCCOc1cc(NC(=O)NCCc2ccccc2)sn1. The Balaban J connectivity index is 1.70. The molecule has 0 fully saturated rings. The number of benzene rings is 1. The van der Waals surface area contributed by atoms with Crippen LogP contribution < -0.4 is 15.4 Å². The number of urea groups is 1. The van der Waals surface area contributed by atoms with E-state index < -0.39 is 0 Å². The molecule has 5 nitrogen and oxygen atoms in total. The third-order valence-corrected chi connectivity index (χ3v) is 3.41. The number of nitrogens with zero attached hydrogens (tertiary/aromatic N) is 1. The maximum Gasteiger partial charge on any atom is 0.319 e. The highest BCUT2D eigenvalue weighted by Crippen LogP contribution is 2.21. The molecule has 2 N–H and O–H groups in total. The maximum absolute atomic E-state index is 11.7. The third kappa shape index (κ3) is 5.43. The normalized spacial score (nSPS) is 10.1. The van der Waals surface area contributed by atoms with Crippen LogP contribution in [0.25, 0.3) is 0 Å². The number of nitrogens with one attached hydrogen (secondary N) is 2. The minimum Gasteiger partial charge on any atom is -0.477 e. The second-order valence-corrected chi connectivity index (χ2v) is 5.30. The molecule has 1 aromatic heterocycles. The predicted octanol–water partition coefficient (Wildman–Crippen LogP) is 3.30. The van der Waals surface area contributed by atoms with E-state index in [9.17, 15) is 4.79 Å². The molecule has 1 heterocycles. The van der Waals surface area contributed by atoms with Gasteiger partial charge in [0, 0.05) is 12.6 Å². The summed E-state index contributed by atoms with van der Waals surface area (Å²) in [4.78, 5) is 11.7. The number of aromatic nitrogens is 1. The maximum atomic E-state index is 11.7. The first-order valence-corrected chi connectivity index (χ1v) is 7.73. The minimum atomic E-state index is -0.225. The Kier molecular flexibility index (Phi) is 6.02. The van der Waals surface area contributed by atoms with Gasteiger partial charge in [-0.1, -0.05) is 37.3 Å². The summed E-state index contributed by atoms with van der Waals surface area (Å²) in [6.45, 7) is 3.26. The summed E-state index contributed by atoms with van der Waals surface area (Å²) in [6, 6.07) is 11.6. The van der Waals surface area contributed by atoms with E-state index in [0.29, 0.717) is 24.0 Å². The van der Waals surface area contributed by atoms with Crippen molar-refractivity contribution in [1.82, 2.24) is 9.69 Å². The summed E-state index contributed by atoms with van der Waals surface area (Å²) in [7, 11) is 0. The quantitative estimate of drug-likeness (QED) is 0.825. The van der Waals surface area contributed by atoms with Gasteiger partial charge >= 0.3 is 6.03 Å². The number of amides is 2. The van der Waals surface area contributed by atoms with Gasteiger partial charge in [-0.05, 0) is 29.9 Å². The van der Waals surface area contributed by atoms with Crippen molar-refractivity contribution >= 4 is 22.6 Å². The van der Waals surface area contributed by atoms with E-state index in [1.165, 1.54) is 17.1 Å². The van der Waals surface area contributed by atoms with Crippen molar-refractivity contribution < 1.29 is 9.53 Å². The van der Waals surface area contributed by atoms with Crippen molar-refractivity contribution in [2.45, 2.75) is 19.8 Å². The largest absolute Gasteiger partial charge is 0.477 e. The van der Waals surface area contributed by atoms with Crippen LogP contribution in [0.4, 0.5) is 9.80 Å². The number of ether oxygens (including phenoxy) is 1. The number of carbonyl (C=O) groups is 1. The molecular weight excluding hydrogens is 286 g/mol. The second kappa shape index (κ2) is 8.26. The van der Waals surface area contributed by atoms with Crippen LogP contribution in [-0.2, 0) is 6.42 Å².